The topological polar surface area (TPSA) is 23.5 Å². The quantitative estimate of drug-likeness (QED) is 0.916. The summed E-state index contributed by atoms with van der Waals surface area (Å²) >= 11 is 0. The molecule has 0 spiro atoms. The summed E-state index contributed by atoms with van der Waals surface area (Å²) in [4.78, 5) is 2.61. The van der Waals surface area contributed by atoms with Crippen LogP contribution in [-0.2, 0) is 12.0 Å². The van der Waals surface area contributed by atoms with Crippen molar-refractivity contribution >= 4 is 0 Å². The van der Waals surface area contributed by atoms with Gasteiger partial charge in [0.05, 0.1) is 6.10 Å². The molecule has 1 aromatic rings. The molecule has 116 valence electrons. The van der Waals surface area contributed by atoms with Gasteiger partial charge in [0.2, 0.25) is 0 Å². The van der Waals surface area contributed by atoms with E-state index in [2.05, 4.69) is 49.9 Å². The lowest BCUT2D eigenvalue weighted by molar-refractivity contribution is 0.0283. The second kappa shape index (κ2) is 5.73. The SMILES string of the molecule is CC(C)(C)c1ccc(CN2CC[C@@H](O)C[C@@H]2C2CC2)cc1. The zero-order valence-electron chi connectivity index (χ0n) is 13.7. The molecule has 2 heteroatoms. The van der Waals surface area contributed by atoms with E-state index in [0.29, 0.717) is 6.04 Å². The first-order valence-corrected chi connectivity index (χ1v) is 8.45. The van der Waals surface area contributed by atoms with Crippen molar-refractivity contribution in [1.82, 2.24) is 4.90 Å². The molecule has 1 aromatic carbocycles. The molecule has 1 aliphatic heterocycles. The molecule has 0 radical (unpaired) electrons. The smallest absolute Gasteiger partial charge is 0.0567 e. The molecule has 2 atom stereocenters. The molecular formula is C19H29NO. The summed E-state index contributed by atoms with van der Waals surface area (Å²) in [5.74, 6) is 0.841. The first-order chi connectivity index (χ1) is 9.93. The molecule has 1 saturated heterocycles. The Morgan fingerprint density at radius 3 is 2.33 bits per heavy atom. The minimum Gasteiger partial charge on any atom is -0.393 e. The number of piperidine rings is 1. The normalized spacial score (nSPS) is 27.8. The van der Waals surface area contributed by atoms with Crippen LogP contribution in [0.3, 0.4) is 0 Å². The Morgan fingerprint density at radius 2 is 1.76 bits per heavy atom. The highest BCUT2D eigenvalue weighted by Crippen LogP contribution is 2.40. The molecule has 21 heavy (non-hydrogen) atoms. The number of aliphatic hydroxyl groups excluding tert-OH is 1. The summed E-state index contributed by atoms with van der Waals surface area (Å²) in [6.07, 6.45) is 4.55. The van der Waals surface area contributed by atoms with Crippen LogP contribution in [0.4, 0.5) is 0 Å². The number of hydrogen-bond donors (Lipinski definition) is 1. The van der Waals surface area contributed by atoms with E-state index in [1.54, 1.807) is 0 Å². The molecule has 1 saturated carbocycles. The van der Waals surface area contributed by atoms with Gasteiger partial charge in [-0.2, -0.15) is 0 Å². The maximum absolute atomic E-state index is 9.94. The minimum atomic E-state index is -0.0740. The average molecular weight is 287 g/mol. The van der Waals surface area contributed by atoms with Gasteiger partial charge in [0, 0.05) is 19.1 Å². The Labute approximate surface area is 129 Å². The summed E-state index contributed by atoms with van der Waals surface area (Å²) in [7, 11) is 0. The van der Waals surface area contributed by atoms with Crippen molar-refractivity contribution in [3.8, 4) is 0 Å². The number of likely N-dealkylation sites (tertiary alicyclic amines) is 1. The summed E-state index contributed by atoms with van der Waals surface area (Å²) in [6, 6.07) is 9.74. The highest BCUT2D eigenvalue weighted by Gasteiger charge is 2.38. The molecule has 3 rings (SSSR count). The second-order valence-corrected chi connectivity index (χ2v) is 8.00. The van der Waals surface area contributed by atoms with E-state index in [1.807, 2.05) is 0 Å². The lowest BCUT2D eigenvalue weighted by Crippen LogP contribution is -2.45. The lowest BCUT2D eigenvalue weighted by Gasteiger charge is -2.38. The van der Waals surface area contributed by atoms with E-state index in [-0.39, 0.29) is 11.5 Å². The van der Waals surface area contributed by atoms with Crippen LogP contribution in [0.1, 0.15) is 57.6 Å². The zero-order valence-corrected chi connectivity index (χ0v) is 13.7. The number of rotatable bonds is 3. The molecule has 2 nitrogen and oxygen atoms in total. The van der Waals surface area contributed by atoms with Gasteiger partial charge < -0.3 is 5.11 Å². The number of benzene rings is 1. The fraction of sp³-hybridized carbons (Fsp3) is 0.684. The van der Waals surface area contributed by atoms with Crippen molar-refractivity contribution in [2.75, 3.05) is 6.54 Å². The van der Waals surface area contributed by atoms with Gasteiger partial charge in [-0.05, 0) is 48.1 Å². The van der Waals surface area contributed by atoms with E-state index >= 15 is 0 Å². The second-order valence-electron chi connectivity index (χ2n) is 8.00. The van der Waals surface area contributed by atoms with Gasteiger partial charge in [-0.25, -0.2) is 0 Å². The van der Waals surface area contributed by atoms with Crippen molar-refractivity contribution < 1.29 is 5.11 Å². The van der Waals surface area contributed by atoms with Crippen LogP contribution < -0.4 is 0 Å². The van der Waals surface area contributed by atoms with Gasteiger partial charge >= 0.3 is 0 Å². The van der Waals surface area contributed by atoms with Gasteiger partial charge in [-0.1, -0.05) is 45.0 Å². The molecule has 2 fully saturated rings. The van der Waals surface area contributed by atoms with Crippen LogP contribution in [0.2, 0.25) is 0 Å². The maximum Gasteiger partial charge on any atom is 0.0567 e. The first-order valence-electron chi connectivity index (χ1n) is 8.45. The van der Waals surface area contributed by atoms with E-state index in [0.717, 1.165) is 31.8 Å². The van der Waals surface area contributed by atoms with Crippen molar-refractivity contribution in [2.24, 2.45) is 5.92 Å². The summed E-state index contributed by atoms with van der Waals surface area (Å²) < 4.78 is 0. The molecule has 0 aromatic heterocycles. The maximum atomic E-state index is 9.94. The summed E-state index contributed by atoms with van der Waals surface area (Å²) in [5, 5.41) is 9.94. The fourth-order valence-electron chi connectivity index (χ4n) is 3.54. The van der Waals surface area contributed by atoms with E-state index in [1.165, 1.54) is 24.0 Å². The first kappa shape index (κ1) is 15.1. The molecule has 0 unspecified atom stereocenters. The summed E-state index contributed by atoms with van der Waals surface area (Å²) in [6.45, 7) is 8.87. The lowest BCUT2D eigenvalue weighted by atomic mass is 9.86. The number of hydrogen-bond acceptors (Lipinski definition) is 2. The number of aliphatic hydroxyl groups is 1. The van der Waals surface area contributed by atoms with Gasteiger partial charge in [0.25, 0.3) is 0 Å². The van der Waals surface area contributed by atoms with Crippen LogP contribution in [0.15, 0.2) is 24.3 Å². The molecule has 2 aliphatic rings. The van der Waals surface area contributed by atoms with Crippen LogP contribution in [0, 0.1) is 5.92 Å². The molecular weight excluding hydrogens is 258 g/mol. The van der Waals surface area contributed by atoms with Crippen molar-refractivity contribution in [1.29, 1.82) is 0 Å². The van der Waals surface area contributed by atoms with Crippen molar-refractivity contribution in [2.45, 2.75) is 70.6 Å². The number of nitrogens with zero attached hydrogens (tertiary/aromatic N) is 1. The van der Waals surface area contributed by atoms with E-state index in [9.17, 15) is 5.11 Å². The predicted molar refractivity (Wildman–Crippen MR) is 87.3 cm³/mol. The van der Waals surface area contributed by atoms with Gasteiger partial charge in [-0.15, -0.1) is 0 Å². The van der Waals surface area contributed by atoms with E-state index < -0.39 is 0 Å². The minimum absolute atomic E-state index is 0.0740. The fourth-order valence-corrected chi connectivity index (χ4v) is 3.54. The molecule has 1 N–H and O–H groups in total. The Balaban J connectivity index is 1.67. The van der Waals surface area contributed by atoms with Crippen LogP contribution in [0.5, 0.6) is 0 Å². The molecule has 1 aliphatic carbocycles. The average Bonchev–Trinajstić information content (AvgIpc) is 3.25. The third-order valence-corrected chi connectivity index (χ3v) is 5.10. The highest BCUT2D eigenvalue weighted by atomic mass is 16.3. The monoisotopic (exact) mass is 287 g/mol. The van der Waals surface area contributed by atoms with Gasteiger partial charge in [0.15, 0.2) is 0 Å². The van der Waals surface area contributed by atoms with Crippen LogP contribution in [-0.4, -0.2) is 28.7 Å². The Hall–Kier alpha value is -0.860. The molecule has 1 heterocycles. The molecule has 0 amide bonds. The predicted octanol–water partition coefficient (Wildman–Crippen LogP) is 3.72. The van der Waals surface area contributed by atoms with Gasteiger partial charge in [0.1, 0.15) is 0 Å². The van der Waals surface area contributed by atoms with E-state index in [4.69, 9.17) is 0 Å². The van der Waals surface area contributed by atoms with Crippen LogP contribution in [0.25, 0.3) is 0 Å². The standard InChI is InChI=1S/C19H29NO/c1-19(2,3)16-8-4-14(5-9-16)13-20-11-10-17(21)12-18(20)15-6-7-15/h4-5,8-9,15,17-18,21H,6-7,10-13H2,1-3H3/t17-,18-/m1/s1. The Morgan fingerprint density at radius 1 is 1.10 bits per heavy atom. The van der Waals surface area contributed by atoms with Crippen molar-refractivity contribution in [3.05, 3.63) is 35.4 Å². The molecule has 0 bridgehead atoms. The van der Waals surface area contributed by atoms with Crippen LogP contribution >= 0.6 is 0 Å². The zero-order chi connectivity index (χ0) is 15.0. The largest absolute Gasteiger partial charge is 0.393 e. The van der Waals surface area contributed by atoms with Gasteiger partial charge in [-0.3, -0.25) is 4.90 Å². The Kier molecular flexibility index (Phi) is 4.11. The van der Waals surface area contributed by atoms with Crippen molar-refractivity contribution in [3.63, 3.8) is 0 Å². The third kappa shape index (κ3) is 3.67. The Bertz CT molecular complexity index is 469. The highest BCUT2D eigenvalue weighted by molar-refractivity contribution is 5.27. The summed E-state index contributed by atoms with van der Waals surface area (Å²) in [5.41, 5.74) is 3.04. The third-order valence-electron chi connectivity index (χ3n) is 5.10.